The number of hydrogen-bond donors (Lipinski definition) is 2. The van der Waals surface area contributed by atoms with Gasteiger partial charge in [-0.2, -0.15) is 0 Å². The topological polar surface area (TPSA) is 79.5 Å². The summed E-state index contributed by atoms with van der Waals surface area (Å²) in [7, 11) is 1.80. The summed E-state index contributed by atoms with van der Waals surface area (Å²) < 4.78 is 29.5. The van der Waals surface area contributed by atoms with Gasteiger partial charge in [-0.05, 0) is 51.3 Å². The third-order valence-electron chi connectivity index (χ3n) is 4.26. The van der Waals surface area contributed by atoms with Crippen LogP contribution in [0.2, 0.25) is 0 Å². The molecule has 1 aromatic heterocycles. The first-order chi connectivity index (χ1) is 13.8. The number of rotatable bonds is 12. The summed E-state index contributed by atoms with van der Waals surface area (Å²) in [6.07, 6.45) is 7.24. The zero-order valence-electron chi connectivity index (χ0n) is 17.1. The second kappa shape index (κ2) is 12.7. The number of nitrogens with one attached hydrogen (secondary N) is 1. The number of hydrogen-bond acceptors (Lipinski definition) is 5. The normalized spacial score (nSPS) is 12.8. The Morgan fingerprint density at radius 1 is 1.28 bits per heavy atom. The third-order valence-corrected chi connectivity index (χ3v) is 4.26. The van der Waals surface area contributed by atoms with Gasteiger partial charge in [0.2, 0.25) is 6.43 Å². The van der Waals surface area contributed by atoms with Crippen LogP contribution in [0.4, 0.5) is 8.78 Å². The van der Waals surface area contributed by atoms with Crippen molar-refractivity contribution < 1.29 is 23.1 Å². The van der Waals surface area contributed by atoms with Crippen LogP contribution in [-0.4, -0.2) is 24.4 Å². The molecule has 0 unspecified atom stereocenters. The molecule has 0 amide bonds. The van der Waals surface area contributed by atoms with E-state index in [0.29, 0.717) is 25.0 Å². The van der Waals surface area contributed by atoms with Crippen molar-refractivity contribution >= 4 is 5.78 Å². The molecule has 0 aromatic carbocycles. The standard InChI is InChI=1S/C22H29F2NO4/c1-15(8-7-10-19(23)24)11-12-16(2)21(27)20-18(26)14-17(29-22(20)28)9-5-4-6-13-25-3/h6,11-14,19,25-26H,4-5,7-10H2,1-3H3/b13-6+,15-11+,16-12+. The number of carbonyl (C=O) groups excluding carboxylic acids is 1. The Bertz CT molecular complexity index is 823. The van der Waals surface area contributed by atoms with Gasteiger partial charge in [0.15, 0.2) is 5.78 Å². The fourth-order valence-electron chi connectivity index (χ4n) is 2.61. The molecule has 1 heterocycles. The number of Topliss-reactive ketones (excluding diaryl/α,β-unsaturated/α-hetero) is 1. The van der Waals surface area contributed by atoms with Crippen LogP contribution < -0.4 is 10.9 Å². The van der Waals surface area contributed by atoms with Crippen LogP contribution in [0.15, 0.2) is 50.9 Å². The van der Waals surface area contributed by atoms with Crippen LogP contribution in [0.25, 0.3) is 0 Å². The van der Waals surface area contributed by atoms with E-state index in [4.69, 9.17) is 4.42 Å². The number of aryl methyl sites for hydroxylation is 1. The van der Waals surface area contributed by atoms with Crippen LogP contribution in [0.5, 0.6) is 5.75 Å². The number of allylic oxidation sites excluding steroid dienone is 5. The van der Waals surface area contributed by atoms with Gasteiger partial charge in [0.25, 0.3) is 0 Å². The minimum atomic E-state index is -2.32. The maximum absolute atomic E-state index is 12.5. The first-order valence-electron chi connectivity index (χ1n) is 9.61. The van der Waals surface area contributed by atoms with Crippen molar-refractivity contribution in [2.24, 2.45) is 0 Å². The van der Waals surface area contributed by atoms with Crippen molar-refractivity contribution in [3.8, 4) is 5.75 Å². The smallest absolute Gasteiger partial charge is 0.351 e. The van der Waals surface area contributed by atoms with Crippen LogP contribution in [0, 0.1) is 0 Å². The molecule has 0 saturated heterocycles. The summed E-state index contributed by atoms with van der Waals surface area (Å²) >= 11 is 0. The lowest BCUT2D eigenvalue weighted by atomic mass is 10.0. The van der Waals surface area contributed by atoms with Gasteiger partial charge in [-0.1, -0.05) is 23.8 Å². The van der Waals surface area contributed by atoms with Crippen LogP contribution in [0.1, 0.15) is 62.1 Å². The SMILES string of the molecule is CN/C=C/CCCc1cc(O)c(C(=O)/C(C)=C/C=C(\C)CCCC(F)F)c(=O)o1. The molecule has 0 bridgehead atoms. The van der Waals surface area contributed by atoms with Gasteiger partial charge in [-0.25, -0.2) is 13.6 Å². The van der Waals surface area contributed by atoms with Crippen molar-refractivity contribution in [1.82, 2.24) is 5.32 Å². The number of ketones is 1. The first kappa shape index (κ1) is 24.3. The molecule has 0 radical (unpaired) electrons. The van der Waals surface area contributed by atoms with Crippen molar-refractivity contribution in [3.05, 3.63) is 63.4 Å². The molecule has 0 aliphatic carbocycles. The predicted molar refractivity (Wildman–Crippen MR) is 109 cm³/mol. The molecule has 0 spiro atoms. The fourth-order valence-corrected chi connectivity index (χ4v) is 2.61. The van der Waals surface area contributed by atoms with E-state index in [-0.39, 0.29) is 12.0 Å². The summed E-state index contributed by atoms with van der Waals surface area (Å²) in [5, 5.41) is 13.0. The molecule has 0 atom stereocenters. The highest BCUT2D eigenvalue weighted by atomic mass is 19.3. The van der Waals surface area contributed by atoms with Crippen molar-refractivity contribution in [3.63, 3.8) is 0 Å². The van der Waals surface area contributed by atoms with Crippen molar-refractivity contribution in [2.45, 2.75) is 58.8 Å². The molecular formula is C22H29F2NO4. The molecule has 5 nitrogen and oxygen atoms in total. The third kappa shape index (κ3) is 8.89. The lowest BCUT2D eigenvalue weighted by molar-refractivity contribution is 0.102. The Morgan fingerprint density at radius 3 is 2.62 bits per heavy atom. The molecular weight excluding hydrogens is 380 g/mol. The second-order valence-electron chi connectivity index (χ2n) is 6.82. The molecule has 160 valence electrons. The average molecular weight is 409 g/mol. The lowest BCUT2D eigenvalue weighted by Gasteiger charge is -2.05. The molecule has 7 heteroatoms. The largest absolute Gasteiger partial charge is 0.507 e. The maximum atomic E-state index is 12.5. The van der Waals surface area contributed by atoms with E-state index in [0.717, 1.165) is 18.4 Å². The van der Waals surface area contributed by atoms with Crippen molar-refractivity contribution in [1.29, 1.82) is 0 Å². The van der Waals surface area contributed by atoms with Gasteiger partial charge < -0.3 is 14.8 Å². The number of halogens is 2. The van der Waals surface area contributed by atoms with E-state index in [1.54, 1.807) is 26.2 Å². The molecule has 0 aliphatic heterocycles. The van der Waals surface area contributed by atoms with Crippen LogP contribution >= 0.6 is 0 Å². The summed E-state index contributed by atoms with van der Waals surface area (Å²) in [5.41, 5.74) is -0.190. The van der Waals surface area contributed by atoms with Gasteiger partial charge >= 0.3 is 5.63 Å². The van der Waals surface area contributed by atoms with E-state index < -0.39 is 29.1 Å². The van der Waals surface area contributed by atoms with E-state index in [2.05, 4.69) is 5.32 Å². The summed E-state index contributed by atoms with van der Waals surface area (Å²) in [6.45, 7) is 3.30. The summed E-state index contributed by atoms with van der Waals surface area (Å²) in [5.74, 6) is -0.716. The predicted octanol–water partition coefficient (Wildman–Crippen LogP) is 4.91. The molecule has 0 aliphatic rings. The zero-order chi connectivity index (χ0) is 21.8. The highest BCUT2D eigenvalue weighted by Gasteiger charge is 2.20. The Hall–Kier alpha value is -2.70. The fraction of sp³-hybridized carbons (Fsp3) is 0.455. The van der Waals surface area contributed by atoms with Crippen LogP contribution in [0.3, 0.4) is 0 Å². The molecule has 0 saturated carbocycles. The second-order valence-corrected chi connectivity index (χ2v) is 6.82. The number of alkyl halides is 2. The quantitative estimate of drug-likeness (QED) is 0.222. The van der Waals surface area contributed by atoms with E-state index in [1.165, 1.54) is 19.1 Å². The monoisotopic (exact) mass is 409 g/mol. The first-order valence-corrected chi connectivity index (χ1v) is 9.61. The average Bonchev–Trinajstić information content (AvgIpc) is 2.65. The molecule has 1 aromatic rings. The highest BCUT2D eigenvalue weighted by molar-refractivity contribution is 6.09. The Labute approximate surface area is 169 Å². The molecule has 1 rings (SSSR count). The number of unbranched alkanes of at least 4 members (excludes halogenated alkanes) is 1. The lowest BCUT2D eigenvalue weighted by Crippen LogP contribution is -2.16. The Kier molecular flexibility index (Phi) is 10.7. The van der Waals surface area contributed by atoms with E-state index in [9.17, 15) is 23.5 Å². The van der Waals surface area contributed by atoms with Gasteiger partial charge in [-0.15, -0.1) is 0 Å². The number of carbonyl (C=O) groups is 1. The van der Waals surface area contributed by atoms with Crippen molar-refractivity contribution in [2.75, 3.05) is 7.05 Å². The van der Waals surface area contributed by atoms with E-state index >= 15 is 0 Å². The van der Waals surface area contributed by atoms with Gasteiger partial charge in [0.1, 0.15) is 17.1 Å². The Balaban J connectivity index is 2.82. The Morgan fingerprint density at radius 2 is 2.00 bits per heavy atom. The van der Waals surface area contributed by atoms with Gasteiger partial charge in [0.05, 0.1) is 0 Å². The molecule has 0 fully saturated rings. The van der Waals surface area contributed by atoms with Gasteiger partial charge in [0, 0.05) is 26.0 Å². The minimum absolute atomic E-state index is 0.167. The highest BCUT2D eigenvalue weighted by Crippen LogP contribution is 2.20. The molecule has 29 heavy (non-hydrogen) atoms. The minimum Gasteiger partial charge on any atom is -0.507 e. The summed E-state index contributed by atoms with van der Waals surface area (Å²) in [6, 6.07) is 1.30. The summed E-state index contributed by atoms with van der Waals surface area (Å²) in [4.78, 5) is 24.7. The van der Waals surface area contributed by atoms with Gasteiger partial charge in [-0.3, -0.25) is 4.79 Å². The maximum Gasteiger partial charge on any atom is 0.351 e. The van der Waals surface area contributed by atoms with Crippen LogP contribution in [-0.2, 0) is 6.42 Å². The zero-order valence-corrected chi connectivity index (χ0v) is 17.1. The van der Waals surface area contributed by atoms with E-state index in [1.807, 2.05) is 6.08 Å². The molecule has 2 N–H and O–H groups in total. The number of aromatic hydroxyl groups is 1.